The second kappa shape index (κ2) is 6.09. The molecule has 0 aromatic carbocycles. The van der Waals surface area contributed by atoms with Gasteiger partial charge in [-0.25, -0.2) is 4.98 Å². The van der Waals surface area contributed by atoms with Crippen LogP contribution in [0.25, 0.3) is 0 Å². The van der Waals surface area contributed by atoms with Gasteiger partial charge in [-0.1, -0.05) is 6.92 Å². The lowest BCUT2D eigenvalue weighted by molar-refractivity contribution is 0.0995. The standard InChI is InChI=1S/C14H23N5O/c1-3-10-9-18(2)7-4-8-19(10)14-11(15)5-6-12(17-14)13(16)20/h5-6,10H,3-4,7-9,15H2,1-2H3,(H2,16,20). The molecule has 2 heterocycles. The van der Waals surface area contributed by atoms with E-state index in [-0.39, 0.29) is 5.69 Å². The van der Waals surface area contributed by atoms with E-state index in [0.29, 0.717) is 17.5 Å². The molecule has 4 N–H and O–H groups in total. The molecular formula is C14H23N5O. The summed E-state index contributed by atoms with van der Waals surface area (Å²) in [6.07, 6.45) is 2.06. The maximum Gasteiger partial charge on any atom is 0.267 e. The highest BCUT2D eigenvalue weighted by Crippen LogP contribution is 2.26. The number of likely N-dealkylation sites (N-methyl/N-ethyl adjacent to an activating group) is 1. The lowest BCUT2D eigenvalue weighted by Gasteiger charge is -2.32. The molecule has 0 bridgehead atoms. The van der Waals surface area contributed by atoms with Crippen molar-refractivity contribution >= 4 is 17.4 Å². The summed E-state index contributed by atoms with van der Waals surface area (Å²) in [7, 11) is 2.13. The van der Waals surface area contributed by atoms with Gasteiger partial charge in [0.25, 0.3) is 5.91 Å². The fourth-order valence-electron chi connectivity index (χ4n) is 2.70. The highest BCUT2D eigenvalue weighted by Gasteiger charge is 2.25. The number of hydrogen-bond donors (Lipinski definition) is 2. The molecule has 1 amide bonds. The molecule has 1 fully saturated rings. The number of carbonyl (C=O) groups is 1. The molecule has 0 spiro atoms. The number of nitrogens with two attached hydrogens (primary N) is 2. The minimum Gasteiger partial charge on any atom is -0.396 e. The van der Waals surface area contributed by atoms with Crippen molar-refractivity contribution in [3.63, 3.8) is 0 Å². The molecular weight excluding hydrogens is 254 g/mol. The molecule has 0 saturated carbocycles. The lowest BCUT2D eigenvalue weighted by atomic mass is 10.1. The van der Waals surface area contributed by atoms with Crippen LogP contribution < -0.4 is 16.4 Å². The van der Waals surface area contributed by atoms with Crippen LogP contribution in [-0.4, -0.2) is 48.5 Å². The number of nitrogens with zero attached hydrogens (tertiary/aromatic N) is 3. The monoisotopic (exact) mass is 277 g/mol. The van der Waals surface area contributed by atoms with Gasteiger partial charge in [0.1, 0.15) is 5.69 Å². The summed E-state index contributed by atoms with van der Waals surface area (Å²) in [6.45, 7) is 5.08. The van der Waals surface area contributed by atoms with Crippen molar-refractivity contribution in [2.24, 2.45) is 5.73 Å². The van der Waals surface area contributed by atoms with Crippen molar-refractivity contribution in [3.8, 4) is 0 Å². The molecule has 1 aliphatic rings. The Kier molecular flexibility index (Phi) is 4.44. The number of hydrogen-bond acceptors (Lipinski definition) is 5. The van der Waals surface area contributed by atoms with Crippen LogP contribution in [0.15, 0.2) is 12.1 Å². The van der Waals surface area contributed by atoms with E-state index in [4.69, 9.17) is 11.5 Å². The summed E-state index contributed by atoms with van der Waals surface area (Å²) in [6, 6.07) is 3.64. The van der Waals surface area contributed by atoms with Crippen molar-refractivity contribution in [2.45, 2.75) is 25.8 Å². The first-order valence-corrected chi connectivity index (χ1v) is 7.04. The maximum atomic E-state index is 11.3. The molecule has 110 valence electrons. The number of anilines is 2. The summed E-state index contributed by atoms with van der Waals surface area (Å²) >= 11 is 0. The molecule has 0 aliphatic carbocycles. The molecule has 6 heteroatoms. The topological polar surface area (TPSA) is 88.5 Å². The first kappa shape index (κ1) is 14.6. The number of aromatic nitrogens is 1. The molecule has 1 aromatic heterocycles. The third-order valence-corrected chi connectivity index (χ3v) is 3.80. The summed E-state index contributed by atoms with van der Waals surface area (Å²) in [5, 5.41) is 0. The van der Waals surface area contributed by atoms with Gasteiger partial charge in [-0.15, -0.1) is 0 Å². The Bertz CT molecular complexity index is 490. The Morgan fingerprint density at radius 2 is 2.20 bits per heavy atom. The highest BCUT2D eigenvalue weighted by atomic mass is 16.1. The average molecular weight is 277 g/mol. The quantitative estimate of drug-likeness (QED) is 0.848. The number of nitrogen functional groups attached to an aromatic ring is 1. The number of rotatable bonds is 3. The molecule has 0 radical (unpaired) electrons. The van der Waals surface area contributed by atoms with E-state index >= 15 is 0 Å². The molecule has 6 nitrogen and oxygen atoms in total. The van der Waals surface area contributed by atoms with E-state index < -0.39 is 5.91 Å². The molecule has 1 saturated heterocycles. The average Bonchev–Trinajstić information content (AvgIpc) is 2.60. The van der Waals surface area contributed by atoms with Gasteiger partial charge >= 0.3 is 0 Å². The minimum atomic E-state index is -0.522. The molecule has 1 aliphatic heterocycles. The third kappa shape index (κ3) is 3.01. The zero-order valence-corrected chi connectivity index (χ0v) is 12.2. The largest absolute Gasteiger partial charge is 0.396 e. The number of amides is 1. The van der Waals surface area contributed by atoms with E-state index in [1.165, 1.54) is 0 Å². The van der Waals surface area contributed by atoms with Crippen molar-refractivity contribution in [2.75, 3.05) is 37.3 Å². The minimum absolute atomic E-state index is 0.265. The van der Waals surface area contributed by atoms with Gasteiger partial charge < -0.3 is 21.3 Å². The number of pyridine rings is 1. The fraction of sp³-hybridized carbons (Fsp3) is 0.571. The van der Waals surface area contributed by atoms with Crippen molar-refractivity contribution in [1.29, 1.82) is 0 Å². The molecule has 1 atom stereocenters. The van der Waals surface area contributed by atoms with Crippen LogP contribution in [0.2, 0.25) is 0 Å². The summed E-state index contributed by atoms with van der Waals surface area (Å²) < 4.78 is 0. The first-order chi connectivity index (χ1) is 9.52. The molecule has 2 rings (SSSR count). The van der Waals surface area contributed by atoms with Crippen LogP contribution in [0.4, 0.5) is 11.5 Å². The Morgan fingerprint density at radius 3 is 2.85 bits per heavy atom. The van der Waals surface area contributed by atoms with Crippen LogP contribution in [0.1, 0.15) is 30.3 Å². The maximum absolute atomic E-state index is 11.3. The van der Waals surface area contributed by atoms with Gasteiger partial charge in [0, 0.05) is 19.1 Å². The number of carbonyl (C=O) groups excluding carboxylic acids is 1. The van der Waals surface area contributed by atoms with E-state index in [0.717, 1.165) is 32.5 Å². The SMILES string of the molecule is CCC1CN(C)CCCN1c1nc(C(N)=O)ccc1N. The Morgan fingerprint density at radius 1 is 1.45 bits per heavy atom. The summed E-state index contributed by atoms with van der Waals surface area (Å²) in [5.41, 5.74) is 12.2. The van der Waals surface area contributed by atoms with Gasteiger partial charge in [-0.3, -0.25) is 4.79 Å². The van der Waals surface area contributed by atoms with Crippen LogP contribution in [0.5, 0.6) is 0 Å². The second-order valence-electron chi connectivity index (χ2n) is 5.34. The van der Waals surface area contributed by atoms with E-state index in [1.54, 1.807) is 12.1 Å². The number of primary amides is 1. The van der Waals surface area contributed by atoms with Crippen LogP contribution >= 0.6 is 0 Å². The van der Waals surface area contributed by atoms with Gasteiger partial charge in [0.05, 0.1) is 5.69 Å². The fourth-order valence-corrected chi connectivity index (χ4v) is 2.70. The highest BCUT2D eigenvalue weighted by molar-refractivity contribution is 5.91. The van der Waals surface area contributed by atoms with Gasteiger partial charge in [-0.05, 0) is 38.6 Å². The van der Waals surface area contributed by atoms with Crippen LogP contribution in [0, 0.1) is 0 Å². The Labute approximate surface area is 119 Å². The summed E-state index contributed by atoms with van der Waals surface area (Å²) in [4.78, 5) is 20.2. The van der Waals surface area contributed by atoms with Gasteiger partial charge in [0.15, 0.2) is 5.82 Å². The smallest absolute Gasteiger partial charge is 0.267 e. The summed E-state index contributed by atoms with van der Waals surface area (Å²) in [5.74, 6) is 0.162. The second-order valence-corrected chi connectivity index (χ2v) is 5.34. The van der Waals surface area contributed by atoms with E-state index in [1.807, 2.05) is 0 Å². The van der Waals surface area contributed by atoms with E-state index in [9.17, 15) is 4.79 Å². The van der Waals surface area contributed by atoms with Gasteiger partial charge in [-0.2, -0.15) is 0 Å². The van der Waals surface area contributed by atoms with Crippen molar-refractivity contribution in [3.05, 3.63) is 17.8 Å². The Hall–Kier alpha value is -1.82. The van der Waals surface area contributed by atoms with Crippen LogP contribution in [-0.2, 0) is 0 Å². The van der Waals surface area contributed by atoms with Crippen LogP contribution in [0.3, 0.4) is 0 Å². The Balaban J connectivity index is 2.36. The first-order valence-electron chi connectivity index (χ1n) is 7.04. The predicted molar refractivity (Wildman–Crippen MR) is 80.7 cm³/mol. The molecule has 20 heavy (non-hydrogen) atoms. The predicted octanol–water partition coefficient (Wildman–Crippen LogP) is 0.683. The van der Waals surface area contributed by atoms with Crippen molar-refractivity contribution in [1.82, 2.24) is 9.88 Å². The van der Waals surface area contributed by atoms with Crippen molar-refractivity contribution < 1.29 is 4.79 Å². The zero-order chi connectivity index (χ0) is 14.7. The lowest BCUT2D eigenvalue weighted by Crippen LogP contribution is -2.40. The molecule has 1 aromatic rings. The normalized spacial score (nSPS) is 20.7. The van der Waals surface area contributed by atoms with Gasteiger partial charge in [0.2, 0.25) is 0 Å². The van der Waals surface area contributed by atoms with E-state index in [2.05, 4.69) is 28.8 Å². The third-order valence-electron chi connectivity index (χ3n) is 3.80. The molecule has 1 unspecified atom stereocenters. The zero-order valence-electron chi connectivity index (χ0n) is 12.2.